The molecule has 0 atom stereocenters. The quantitative estimate of drug-likeness (QED) is 0.746. The largest absolute Gasteiger partial charge is 0.382 e. The van der Waals surface area contributed by atoms with Gasteiger partial charge in [0.05, 0.1) is 13.2 Å². The zero-order valence-corrected chi connectivity index (χ0v) is 12.8. The van der Waals surface area contributed by atoms with Crippen LogP contribution < -0.4 is 5.14 Å². The van der Waals surface area contributed by atoms with Crippen LogP contribution in [0.25, 0.3) is 10.9 Å². The maximum Gasteiger partial charge on any atom is 0.240 e. The fraction of sp³-hybridized carbons (Fsp3) is 0.429. The molecule has 1 aromatic heterocycles. The Morgan fingerprint density at radius 3 is 2.67 bits per heavy atom. The van der Waals surface area contributed by atoms with E-state index in [0.717, 1.165) is 11.9 Å². The summed E-state index contributed by atoms with van der Waals surface area (Å²) in [6.45, 7) is 2.40. The molecule has 0 amide bonds. The number of benzene rings is 1. The molecule has 1 heterocycles. The Bertz CT molecular complexity index is 694. The molecule has 1 aromatic carbocycles. The van der Waals surface area contributed by atoms with Crippen LogP contribution in [0.15, 0.2) is 35.4 Å². The average Bonchev–Trinajstić information content (AvgIpc) is 2.82. The van der Waals surface area contributed by atoms with Gasteiger partial charge in [-0.25, -0.2) is 13.6 Å². The molecule has 2 N–H and O–H groups in total. The van der Waals surface area contributed by atoms with E-state index in [4.69, 9.17) is 14.6 Å². The van der Waals surface area contributed by atoms with Crippen molar-refractivity contribution in [1.82, 2.24) is 4.57 Å². The molecule has 116 valence electrons. The summed E-state index contributed by atoms with van der Waals surface area (Å²) < 4.78 is 35.5. The number of sulfonamides is 1. The zero-order valence-electron chi connectivity index (χ0n) is 12.0. The molecule has 0 saturated carbocycles. The highest BCUT2D eigenvalue weighted by atomic mass is 32.2. The van der Waals surface area contributed by atoms with Gasteiger partial charge >= 0.3 is 0 Å². The van der Waals surface area contributed by atoms with E-state index >= 15 is 0 Å². The number of para-hydroxylation sites is 1. The minimum absolute atomic E-state index is 0.165. The maximum absolute atomic E-state index is 11.6. The summed E-state index contributed by atoms with van der Waals surface area (Å²) in [6.07, 6.45) is 2.38. The van der Waals surface area contributed by atoms with Crippen molar-refractivity contribution in [3.8, 4) is 0 Å². The van der Waals surface area contributed by atoms with Gasteiger partial charge in [0.2, 0.25) is 10.0 Å². The van der Waals surface area contributed by atoms with Gasteiger partial charge in [-0.2, -0.15) is 0 Å². The first-order valence-electron chi connectivity index (χ1n) is 6.71. The summed E-state index contributed by atoms with van der Waals surface area (Å²) in [4.78, 5) is 0.165. The Labute approximate surface area is 124 Å². The van der Waals surface area contributed by atoms with E-state index < -0.39 is 10.0 Å². The smallest absolute Gasteiger partial charge is 0.240 e. The molecule has 0 aliphatic rings. The standard InChI is InChI=1S/C14H20N2O4S/c1-19-9-10-20-8-4-7-16-11-14(21(15,17)18)12-5-2-3-6-13(12)16/h2-3,5-6,11H,4,7-10H2,1H3,(H2,15,17,18). The molecule has 0 spiro atoms. The second-order valence-electron chi connectivity index (χ2n) is 4.71. The number of ether oxygens (including phenoxy) is 2. The van der Waals surface area contributed by atoms with Crippen molar-refractivity contribution >= 4 is 20.9 Å². The van der Waals surface area contributed by atoms with Crippen molar-refractivity contribution in [2.45, 2.75) is 17.9 Å². The number of methoxy groups -OCH3 is 1. The lowest BCUT2D eigenvalue weighted by atomic mass is 10.2. The van der Waals surface area contributed by atoms with Crippen molar-refractivity contribution in [3.05, 3.63) is 30.5 Å². The van der Waals surface area contributed by atoms with Gasteiger partial charge in [0, 0.05) is 37.4 Å². The summed E-state index contributed by atoms with van der Waals surface area (Å²) in [7, 11) is -2.09. The van der Waals surface area contributed by atoms with Crippen LogP contribution in [0.2, 0.25) is 0 Å². The highest BCUT2D eigenvalue weighted by Crippen LogP contribution is 2.24. The van der Waals surface area contributed by atoms with Crippen LogP contribution in [-0.2, 0) is 26.0 Å². The van der Waals surface area contributed by atoms with Crippen LogP contribution in [0.1, 0.15) is 6.42 Å². The van der Waals surface area contributed by atoms with Crippen molar-refractivity contribution in [3.63, 3.8) is 0 Å². The Morgan fingerprint density at radius 2 is 1.95 bits per heavy atom. The Balaban J connectivity index is 2.10. The molecular weight excluding hydrogens is 292 g/mol. The van der Waals surface area contributed by atoms with Crippen LogP contribution in [-0.4, -0.2) is 39.9 Å². The minimum atomic E-state index is -3.72. The third-order valence-electron chi connectivity index (χ3n) is 3.18. The lowest BCUT2D eigenvalue weighted by molar-refractivity contribution is 0.0681. The first-order chi connectivity index (χ1) is 10.0. The number of nitrogens with two attached hydrogens (primary N) is 1. The van der Waals surface area contributed by atoms with E-state index in [1.807, 2.05) is 16.7 Å². The lowest BCUT2D eigenvalue weighted by Crippen LogP contribution is -2.11. The maximum atomic E-state index is 11.6. The van der Waals surface area contributed by atoms with Gasteiger partial charge in [0.15, 0.2) is 0 Å². The van der Waals surface area contributed by atoms with Crippen LogP contribution in [0.4, 0.5) is 0 Å². The monoisotopic (exact) mass is 312 g/mol. The van der Waals surface area contributed by atoms with E-state index in [2.05, 4.69) is 0 Å². The molecule has 2 rings (SSSR count). The zero-order chi connectivity index (χ0) is 15.3. The van der Waals surface area contributed by atoms with Crippen LogP contribution in [0.3, 0.4) is 0 Å². The molecule has 0 aliphatic carbocycles. The highest BCUT2D eigenvalue weighted by molar-refractivity contribution is 7.89. The Hall–Kier alpha value is -1.41. The number of primary sulfonamides is 1. The molecule has 2 aromatic rings. The number of aromatic nitrogens is 1. The van der Waals surface area contributed by atoms with Gasteiger partial charge < -0.3 is 14.0 Å². The fourth-order valence-corrected chi connectivity index (χ4v) is 2.96. The van der Waals surface area contributed by atoms with Crippen molar-refractivity contribution in [1.29, 1.82) is 0 Å². The van der Waals surface area contributed by atoms with E-state index in [1.165, 1.54) is 0 Å². The first-order valence-corrected chi connectivity index (χ1v) is 8.26. The van der Waals surface area contributed by atoms with Gasteiger partial charge in [-0.05, 0) is 12.5 Å². The van der Waals surface area contributed by atoms with Crippen LogP contribution in [0, 0.1) is 0 Å². The Morgan fingerprint density at radius 1 is 1.19 bits per heavy atom. The predicted octanol–water partition coefficient (Wildman–Crippen LogP) is 1.34. The second-order valence-corrected chi connectivity index (χ2v) is 6.24. The predicted molar refractivity (Wildman–Crippen MR) is 80.6 cm³/mol. The third kappa shape index (κ3) is 4.04. The topological polar surface area (TPSA) is 83.5 Å². The van der Waals surface area contributed by atoms with E-state index in [-0.39, 0.29) is 4.90 Å². The second kappa shape index (κ2) is 7.04. The normalized spacial score (nSPS) is 12.1. The molecule has 0 aliphatic heterocycles. The van der Waals surface area contributed by atoms with Crippen molar-refractivity contribution < 1.29 is 17.9 Å². The number of nitrogens with zero attached hydrogens (tertiary/aromatic N) is 1. The summed E-state index contributed by atoms with van der Waals surface area (Å²) in [6, 6.07) is 7.33. The highest BCUT2D eigenvalue weighted by Gasteiger charge is 2.16. The fourth-order valence-electron chi connectivity index (χ4n) is 2.21. The third-order valence-corrected chi connectivity index (χ3v) is 4.12. The summed E-state index contributed by atoms with van der Waals surface area (Å²) >= 11 is 0. The van der Waals surface area contributed by atoms with Gasteiger partial charge in [-0.15, -0.1) is 0 Å². The molecule has 0 unspecified atom stereocenters. The lowest BCUT2D eigenvalue weighted by Gasteiger charge is -2.06. The van der Waals surface area contributed by atoms with Gasteiger partial charge in [0.25, 0.3) is 0 Å². The van der Waals surface area contributed by atoms with Gasteiger partial charge in [-0.1, -0.05) is 18.2 Å². The van der Waals surface area contributed by atoms with Crippen molar-refractivity contribution in [2.24, 2.45) is 5.14 Å². The molecule has 6 nitrogen and oxygen atoms in total. The molecule has 7 heteroatoms. The summed E-state index contributed by atoms with van der Waals surface area (Å²) in [5.41, 5.74) is 0.860. The Kier molecular flexibility index (Phi) is 5.35. The number of fused-ring (bicyclic) bond motifs is 1. The SMILES string of the molecule is COCCOCCCn1cc(S(N)(=O)=O)c2ccccc21. The van der Waals surface area contributed by atoms with E-state index in [1.54, 1.807) is 25.4 Å². The first kappa shape index (κ1) is 16.0. The molecular formula is C14H20N2O4S. The number of hydrogen-bond acceptors (Lipinski definition) is 4. The van der Waals surface area contributed by atoms with E-state index in [9.17, 15) is 8.42 Å². The minimum Gasteiger partial charge on any atom is -0.382 e. The number of aryl methyl sites for hydroxylation is 1. The van der Waals surface area contributed by atoms with Gasteiger partial charge in [-0.3, -0.25) is 0 Å². The molecule has 0 saturated heterocycles. The van der Waals surface area contributed by atoms with Crippen LogP contribution in [0.5, 0.6) is 0 Å². The number of hydrogen-bond donors (Lipinski definition) is 1. The van der Waals surface area contributed by atoms with Crippen molar-refractivity contribution in [2.75, 3.05) is 26.9 Å². The molecule has 0 radical (unpaired) electrons. The molecule has 0 fully saturated rings. The van der Waals surface area contributed by atoms with Gasteiger partial charge in [0.1, 0.15) is 4.90 Å². The number of rotatable bonds is 8. The van der Waals surface area contributed by atoms with Crippen LogP contribution >= 0.6 is 0 Å². The van der Waals surface area contributed by atoms with E-state index in [0.29, 0.717) is 31.8 Å². The molecule has 21 heavy (non-hydrogen) atoms. The summed E-state index contributed by atoms with van der Waals surface area (Å²) in [5, 5.41) is 5.92. The average molecular weight is 312 g/mol. The molecule has 0 bridgehead atoms. The summed E-state index contributed by atoms with van der Waals surface area (Å²) in [5.74, 6) is 0.